The Morgan fingerprint density at radius 3 is 2.50 bits per heavy atom. The number of rotatable bonds is 4. The molecule has 0 aromatic heterocycles. The van der Waals surface area contributed by atoms with E-state index in [-0.39, 0.29) is 27.6 Å². The first kappa shape index (κ1) is 18.8. The van der Waals surface area contributed by atoms with Gasteiger partial charge in [0.2, 0.25) is 0 Å². The quantitative estimate of drug-likeness (QED) is 0.244. The van der Waals surface area contributed by atoms with E-state index < -0.39 is 22.5 Å². The molecule has 2 aromatic carbocycles. The van der Waals surface area contributed by atoms with Crippen molar-refractivity contribution in [3.8, 4) is 5.75 Å². The molecule has 0 aliphatic carbocycles. The number of nitro groups is 1. The number of phenols is 1. The molecule has 0 aliphatic rings. The number of thiocarbonyl (C=S) groups is 1. The highest BCUT2D eigenvalue weighted by atomic mass is 32.1. The summed E-state index contributed by atoms with van der Waals surface area (Å²) in [5.74, 6) is -1.57. The first-order chi connectivity index (χ1) is 12.3. The van der Waals surface area contributed by atoms with Gasteiger partial charge >= 0.3 is 5.97 Å². The summed E-state index contributed by atoms with van der Waals surface area (Å²) in [6, 6.07) is 9.21. The Morgan fingerprint density at radius 2 is 1.88 bits per heavy atom. The van der Waals surface area contributed by atoms with Crippen LogP contribution in [0.5, 0.6) is 5.75 Å². The predicted molar refractivity (Wildman–Crippen MR) is 96.2 cm³/mol. The van der Waals surface area contributed by atoms with E-state index in [2.05, 4.69) is 15.4 Å². The van der Waals surface area contributed by atoms with Gasteiger partial charge in [-0.15, -0.1) is 0 Å². The number of methoxy groups -OCH3 is 1. The zero-order valence-corrected chi connectivity index (χ0v) is 14.2. The van der Waals surface area contributed by atoms with E-state index in [0.29, 0.717) is 0 Å². The van der Waals surface area contributed by atoms with Crippen LogP contribution in [0.25, 0.3) is 0 Å². The van der Waals surface area contributed by atoms with Crippen LogP contribution >= 0.6 is 12.2 Å². The van der Waals surface area contributed by atoms with Gasteiger partial charge in [0.1, 0.15) is 5.75 Å². The van der Waals surface area contributed by atoms with Gasteiger partial charge in [0.25, 0.3) is 11.6 Å². The largest absolute Gasteiger partial charge is 0.506 e. The zero-order valence-electron chi connectivity index (χ0n) is 13.4. The number of benzene rings is 2. The van der Waals surface area contributed by atoms with Crippen LogP contribution in [0.15, 0.2) is 42.5 Å². The third kappa shape index (κ3) is 4.51. The first-order valence-electron chi connectivity index (χ1n) is 7.10. The Morgan fingerprint density at radius 1 is 1.19 bits per heavy atom. The molecule has 0 spiro atoms. The second-order valence-corrected chi connectivity index (χ2v) is 5.35. The van der Waals surface area contributed by atoms with E-state index in [1.807, 2.05) is 0 Å². The van der Waals surface area contributed by atoms with Crippen molar-refractivity contribution < 1.29 is 24.4 Å². The molecule has 0 heterocycles. The summed E-state index contributed by atoms with van der Waals surface area (Å²) in [5, 5.41) is 25.2. The molecular weight excluding hydrogens is 362 g/mol. The van der Waals surface area contributed by atoms with Gasteiger partial charge in [-0.05, 0) is 36.5 Å². The van der Waals surface area contributed by atoms with E-state index in [1.165, 1.54) is 43.5 Å². The summed E-state index contributed by atoms with van der Waals surface area (Å²) >= 11 is 4.98. The van der Waals surface area contributed by atoms with Gasteiger partial charge in [-0.1, -0.05) is 6.07 Å². The number of nitro benzene ring substituents is 1. The van der Waals surface area contributed by atoms with Gasteiger partial charge in [0.15, 0.2) is 5.11 Å². The van der Waals surface area contributed by atoms with Crippen LogP contribution in [0.3, 0.4) is 0 Å². The summed E-state index contributed by atoms with van der Waals surface area (Å²) in [4.78, 5) is 33.7. The number of nitrogens with one attached hydrogen (secondary N) is 2. The van der Waals surface area contributed by atoms with Crippen molar-refractivity contribution in [1.29, 1.82) is 0 Å². The number of esters is 1. The van der Waals surface area contributed by atoms with Crippen LogP contribution in [-0.2, 0) is 4.74 Å². The number of hydrogen-bond donors (Lipinski definition) is 3. The second-order valence-electron chi connectivity index (χ2n) is 4.94. The Kier molecular flexibility index (Phi) is 5.81. The molecular formula is C16H13N3O6S. The van der Waals surface area contributed by atoms with Crippen molar-refractivity contribution in [2.75, 3.05) is 12.4 Å². The molecule has 0 saturated carbocycles. The van der Waals surface area contributed by atoms with Crippen molar-refractivity contribution in [2.45, 2.75) is 0 Å². The van der Waals surface area contributed by atoms with Gasteiger partial charge < -0.3 is 15.2 Å². The number of non-ortho nitro benzene ring substituents is 1. The summed E-state index contributed by atoms with van der Waals surface area (Å²) in [5.41, 5.74) is 0.170. The Balaban J connectivity index is 2.07. The number of ether oxygens (including phenoxy) is 1. The molecule has 0 atom stereocenters. The smallest absolute Gasteiger partial charge is 0.337 e. The van der Waals surface area contributed by atoms with Gasteiger partial charge in [-0.2, -0.15) is 0 Å². The molecule has 26 heavy (non-hydrogen) atoms. The maximum atomic E-state index is 12.2. The van der Waals surface area contributed by atoms with Crippen molar-refractivity contribution >= 4 is 40.6 Å². The lowest BCUT2D eigenvalue weighted by molar-refractivity contribution is -0.384. The lowest BCUT2D eigenvalue weighted by Gasteiger charge is -2.11. The Labute approximate surface area is 152 Å². The number of carbonyl (C=O) groups is 2. The third-order valence-corrected chi connectivity index (χ3v) is 3.42. The molecule has 0 unspecified atom stereocenters. The first-order valence-corrected chi connectivity index (χ1v) is 7.50. The van der Waals surface area contributed by atoms with Crippen LogP contribution in [0.4, 0.5) is 11.4 Å². The summed E-state index contributed by atoms with van der Waals surface area (Å²) < 4.78 is 4.59. The number of carbonyl (C=O) groups excluding carboxylic acids is 2. The minimum Gasteiger partial charge on any atom is -0.506 e. The van der Waals surface area contributed by atoms with E-state index in [9.17, 15) is 24.8 Å². The van der Waals surface area contributed by atoms with E-state index in [4.69, 9.17) is 12.2 Å². The maximum absolute atomic E-state index is 12.2. The molecule has 0 saturated heterocycles. The Bertz CT molecular complexity index is 899. The minimum atomic E-state index is -0.655. The van der Waals surface area contributed by atoms with Gasteiger partial charge in [-0.3, -0.25) is 20.2 Å². The van der Waals surface area contributed by atoms with E-state index in [0.717, 1.165) is 6.07 Å². The molecule has 10 heteroatoms. The predicted octanol–water partition coefficient (Wildman–Crippen LogP) is 2.21. The van der Waals surface area contributed by atoms with Crippen molar-refractivity contribution in [2.24, 2.45) is 0 Å². The van der Waals surface area contributed by atoms with Crippen molar-refractivity contribution in [3.05, 3.63) is 63.7 Å². The maximum Gasteiger partial charge on any atom is 0.337 e. The summed E-state index contributed by atoms with van der Waals surface area (Å²) in [6.07, 6.45) is 0. The number of phenolic OH excluding ortho intramolecular Hbond substituents is 1. The van der Waals surface area contributed by atoms with Gasteiger partial charge in [0.05, 0.1) is 29.4 Å². The highest BCUT2D eigenvalue weighted by molar-refractivity contribution is 7.80. The molecule has 134 valence electrons. The van der Waals surface area contributed by atoms with Crippen LogP contribution in [0.1, 0.15) is 20.7 Å². The van der Waals surface area contributed by atoms with E-state index in [1.54, 1.807) is 0 Å². The summed E-state index contributed by atoms with van der Waals surface area (Å²) in [6.45, 7) is 0. The normalized spacial score (nSPS) is 9.88. The molecule has 0 radical (unpaired) electrons. The standard InChI is InChI=1S/C16H13N3O6S/c1-25-15(22)10-4-2-3-9(7-10)14(21)18-16(26)17-12-6-5-11(19(23)24)8-13(12)20/h2-8,20H,1H3,(H2,17,18,21,26). The second kappa shape index (κ2) is 8.03. The Hall–Kier alpha value is -3.53. The lowest BCUT2D eigenvalue weighted by Crippen LogP contribution is -2.34. The molecule has 1 amide bonds. The topological polar surface area (TPSA) is 131 Å². The molecule has 3 N–H and O–H groups in total. The zero-order chi connectivity index (χ0) is 19.3. The fraction of sp³-hybridized carbons (Fsp3) is 0.0625. The van der Waals surface area contributed by atoms with Crippen LogP contribution < -0.4 is 10.6 Å². The van der Waals surface area contributed by atoms with Crippen molar-refractivity contribution in [1.82, 2.24) is 5.32 Å². The lowest BCUT2D eigenvalue weighted by atomic mass is 10.1. The molecule has 2 rings (SSSR count). The fourth-order valence-corrected chi connectivity index (χ4v) is 2.18. The number of aromatic hydroxyl groups is 1. The fourth-order valence-electron chi connectivity index (χ4n) is 1.97. The number of nitrogens with zero attached hydrogens (tertiary/aromatic N) is 1. The summed E-state index contributed by atoms with van der Waals surface area (Å²) in [7, 11) is 1.23. The number of amides is 1. The molecule has 2 aromatic rings. The van der Waals surface area contributed by atoms with Crippen LogP contribution in [0, 0.1) is 10.1 Å². The van der Waals surface area contributed by atoms with Crippen molar-refractivity contribution in [3.63, 3.8) is 0 Å². The van der Waals surface area contributed by atoms with Gasteiger partial charge in [0, 0.05) is 11.6 Å². The van der Waals surface area contributed by atoms with E-state index >= 15 is 0 Å². The molecule has 0 aliphatic heterocycles. The minimum absolute atomic E-state index is 0.0872. The molecule has 0 fully saturated rings. The van der Waals surface area contributed by atoms with Crippen LogP contribution in [-0.4, -0.2) is 34.1 Å². The number of hydrogen-bond acceptors (Lipinski definition) is 7. The highest BCUT2D eigenvalue weighted by Gasteiger charge is 2.14. The third-order valence-electron chi connectivity index (χ3n) is 3.21. The average molecular weight is 375 g/mol. The molecule has 0 bridgehead atoms. The average Bonchev–Trinajstić information content (AvgIpc) is 2.62. The highest BCUT2D eigenvalue weighted by Crippen LogP contribution is 2.27. The van der Waals surface area contributed by atoms with Gasteiger partial charge in [-0.25, -0.2) is 4.79 Å². The SMILES string of the molecule is COC(=O)c1cccc(C(=O)NC(=S)Nc2ccc([N+](=O)[O-])cc2O)c1. The molecule has 9 nitrogen and oxygen atoms in total. The number of anilines is 1. The monoisotopic (exact) mass is 375 g/mol. The van der Waals surface area contributed by atoms with Crippen LogP contribution in [0.2, 0.25) is 0 Å².